The van der Waals surface area contributed by atoms with Gasteiger partial charge in [0.05, 0.1) is 5.69 Å². The van der Waals surface area contributed by atoms with Crippen molar-refractivity contribution in [2.24, 2.45) is 0 Å². The molecule has 0 unspecified atom stereocenters. The standard InChI is InChI=1S/C14H14ClN3O2/c15-10-3-1-9(2-4-10)13-11-5-7-18(14(19)20)8-6-12(11)16-17-13/h1-4H,5-8H2,(H,16,17)(H,19,20). The number of rotatable bonds is 1. The van der Waals surface area contributed by atoms with Gasteiger partial charge in [-0.25, -0.2) is 4.79 Å². The van der Waals surface area contributed by atoms with Crippen molar-refractivity contribution in [2.45, 2.75) is 12.8 Å². The van der Waals surface area contributed by atoms with Gasteiger partial charge in [0.1, 0.15) is 0 Å². The summed E-state index contributed by atoms with van der Waals surface area (Å²) < 4.78 is 0. The first-order valence-electron chi connectivity index (χ1n) is 6.45. The van der Waals surface area contributed by atoms with Crippen molar-refractivity contribution in [3.05, 3.63) is 40.5 Å². The predicted molar refractivity (Wildman–Crippen MR) is 76.0 cm³/mol. The molecule has 0 atom stereocenters. The van der Waals surface area contributed by atoms with Gasteiger partial charge in [-0.15, -0.1) is 0 Å². The van der Waals surface area contributed by atoms with E-state index in [0.717, 1.165) is 22.5 Å². The molecule has 2 aromatic rings. The Balaban J connectivity index is 1.92. The lowest BCUT2D eigenvalue weighted by atomic mass is 10.0. The molecule has 3 rings (SSSR count). The molecule has 2 heterocycles. The normalized spacial score (nSPS) is 14.8. The Morgan fingerprint density at radius 1 is 1.25 bits per heavy atom. The van der Waals surface area contributed by atoms with Crippen LogP contribution in [0.5, 0.6) is 0 Å². The summed E-state index contributed by atoms with van der Waals surface area (Å²) in [7, 11) is 0. The molecule has 1 amide bonds. The van der Waals surface area contributed by atoms with Gasteiger partial charge < -0.3 is 10.0 Å². The van der Waals surface area contributed by atoms with Gasteiger partial charge in [-0.1, -0.05) is 23.7 Å². The van der Waals surface area contributed by atoms with Crippen LogP contribution in [0.25, 0.3) is 11.3 Å². The molecule has 1 aliphatic heterocycles. The van der Waals surface area contributed by atoms with Crippen molar-refractivity contribution in [3.63, 3.8) is 0 Å². The number of hydrogen-bond acceptors (Lipinski definition) is 2. The molecule has 20 heavy (non-hydrogen) atoms. The molecule has 0 fully saturated rings. The highest BCUT2D eigenvalue weighted by Crippen LogP contribution is 2.27. The smallest absolute Gasteiger partial charge is 0.407 e. The average Bonchev–Trinajstić information content (AvgIpc) is 2.71. The number of nitrogens with zero attached hydrogens (tertiary/aromatic N) is 2. The summed E-state index contributed by atoms with van der Waals surface area (Å²) in [6.07, 6.45) is 0.481. The lowest BCUT2D eigenvalue weighted by Crippen LogP contribution is -2.31. The fraction of sp³-hybridized carbons (Fsp3) is 0.286. The average molecular weight is 292 g/mol. The fourth-order valence-electron chi connectivity index (χ4n) is 2.52. The molecule has 1 aliphatic rings. The molecule has 0 saturated heterocycles. The van der Waals surface area contributed by atoms with Crippen molar-refractivity contribution in [1.29, 1.82) is 0 Å². The molecule has 5 nitrogen and oxygen atoms in total. The first-order valence-corrected chi connectivity index (χ1v) is 6.83. The topological polar surface area (TPSA) is 69.2 Å². The number of amides is 1. The molecule has 0 radical (unpaired) electrons. The number of aromatic nitrogens is 2. The maximum atomic E-state index is 11.1. The second kappa shape index (κ2) is 5.17. The Morgan fingerprint density at radius 2 is 1.95 bits per heavy atom. The fourth-order valence-corrected chi connectivity index (χ4v) is 2.65. The molecule has 0 spiro atoms. The van der Waals surface area contributed by atoms with Crippen LogP contribution >= 0.6 is 11.6 Å². The van der Waals surface area contributed by atoms with Crippen molar-refractivity contribution >= 4 is 17.7 Å². The van der Waals surface area contributed by atoms with E-state index in [4.69, 9.17) is 16.7 Å². The van der Waals surface area contributed by atoms with Crippen LogP contribution in [0.4, 0.5) is 4.79 Å². The lowest BCUT2D eigenvalue weighted by molar-refractivity contribution is 0.147. The van der Waals surface area contributed by atoms with Gasteiger partial charge in [0.2, 0.25) is 0 Å². The summed E-state index contributed by atoms with van der Waals surface area (Å²) in [4.78, 5) is 12.5. The third-order valence-corrected chi connectivity index (χ3v) is 3.86. The van der Waals surface area contributed by atoms with E-state index in [9.17, 15) is 4.79 Å². The zero-order valence-electron chi connectivity index (χ0n) is 10.8. The zero-order valence-corrected chi connectivity index (χ0v) is 11.5. The Labute approximate surface area is 121 Å². The van der Waals surface area contributed by atoms with E-state index in [-0.39, 0.29) is 0 Å². The van der Waals surface area contributed by atoms with Crippen LogP contribution in [-0.4, -0.2) is 39.4 Å². The van der Waals surface area contributed by atoms with Crippen molar-refractivity contribution in [1.82, 2.24) is 15.1 Å². The van der Waals surface area contributed by atoms with Gasteiger partial charge >= 0.3 is 6.09 Å². The quantitative estimate of drug-likeness (QED) is 0.849. The lowest BCUT2D eigenvalue weighted by Gasteiger charge is -2.15. The van der Waals surface area contributed by atoms with Crippen molar-refractivity contribution in [3.8, 4) is 11.3 Å². The monoisotopic (exact) mass is 291 g/mol. The van der Waals surface area contributed by atoms with E-state index in [1.54, 1.807) is 0 Å². The molecule has 6 heteroatoms. The van der Waals surface area contributed by atoms with Gasteiger partial charge in [0, 0.05) is 41.4 Å². The SMILES string of the molecule is O=C(O)N1CCc2[nH]nc(-c3ccc(Cl)cc3)c2CC1. The van der Waals surface area contributed by atoms with E-state index < -0.39 is 6.09 Å². The second-order valence-corrected chi connectivity index (χ2v) is 5.24. The summed E-state index contributed by atoms with van der Waals surface area (Å²) in [5.74, 6) is 0. The van der Waals surface area contributed by atoms with E-state index >= 15 is 0 Å². The van der Waals surface area contributed by atoms with Crippen LogP contribution in [-0.2, 0) is 12.8 Å². The van der Waals surface area contributed by atoms with Crippen molar-refractivity contribution < 1.29 is 9.90 Å². The van der Waals surface area contributed by atoms with Gasteiger partial charge in [-0.3, -0.25) is 5.10 Å². The largest absolute Gasteiger partial charge is 0.465 e. The van der Waals surface area contributed by atoms with Gasteiger partial charge in [-0.2, -0.15) is 5.10 Å². The minimum atomic E-state index is -0.865. The number of hydrogen-bond donors (Lipinski definition) is 2. The highest BCUT2D eigenvalue weighted by atomic mass is 35.5. The second-order valence-electron chi connectivity index (χ2n) is 4.81. The van der Waals surface area contributed by atoms with Crippen molar-refractivity contribution in [2.75, 3.05) is 13.1 Å². The first kappa shape index (κ1) is 13.0. The van der Waals surface area contributed by atoms with Gasteiger partial charge in [0.25, 0.3) is 0 Å². The highest BCUT2D eigenvalue weighted by Gasteiger charge is 2.22. The van der Waals surface area contributed by atoms with Crippen LogP contribution in [0, 0.1) is 0 Å². The molecule has 0 bridgehead atoms. The number of nitrogens with one attached hydrogen (secondary N) is 1. The summed E-state index contributed by atoms with van der Waals surface area (Å²) in [6.45, 7) is 1.01. The maximum Gasteiger partial charge on any atom is 0.407 e. The highest BCUT2D eigenvalue weighted by molar-refractivity contribution is 6.30. The third kappa shape index (κ3) is 2.36. The van der Waals surface area contributed by atoms with E-state index in [0.29, 0.717) is 31.0 Å². The Bertz CT molecular complexity index is 636. The van der Waals surface area contributed by atoms with Crippen LogP contribution in [0.1, 0.15) is 11.3 Å². The molecule has 1 aromatic heterocycles. The Kier molecular flexibility index (Phi) is 3.36. The summed E-state index contributed by atoms with van der Waals surface area (Å²) in [6, 6.07) is 7.52. The minimum absolute atomic E-state index is 0.502. The number of H-pyrrole nitrogens is 1. The summed E-state index contributed by atoms with van der Waals surface area (Å²) >= 11 is 5.90. The van der Waals surface area contributed by atoms with Crippen LogP contribution < -0.4 is 0 Å². The number of carbonyl (C=O) groups is 1. The molecule has 0 aliphatic carbocycles. The van der Waals surface area contributed by atoms with E-state index in [1.807, 2.05) is 24.3 Å². The number of benzene rings is 1. The summed E-state index contributed by atoms with van der Waals surface area (Å²) in [5.41, 5.74) is 4.02. The van der Waals surface area contributed by atoms with E-state index in [2.05, 4.69) is 10.2 Å². The Hall–Kier alpha value is -2.01. The van der Waals surface area contributed by atoms with Crippen LogP contribution in [0.15, 0.2) is 24.3 Å². The Morgan fingerprint density at radius 3 is 2.65 bits per heavy atom. The van der Waals surface area contributed by atoms with Gasteiger partial charge in [-0.05, 0) is 18.6 Å². The van der Waals surface area contributed by atoms with E-state index in [1.165, 1.54) is 4.90 Å². The first-order chi connectivity index (χ1) is 9.65. The van der Waals surface area contributed by atoms with Gasteiger partial charge in [0.15, 0.2) is 0 Å². The maximum absolute atomic E-state index is 11.1. The number of halogens is 1. The molecular formula is C14H14ClN3O2. The molecule has 0 saturated carbocycles. The minimum Gasteiger partial charge on any atom is -0.465 e. The number of carboxylic acid groups (broad SMARTS) is 1. The van der Waals surface area contributed by atoms with Crippen LogP contribution in [0.3, 0.4) is 0 Å². The molecule has 1 aromatic carbocycles. The molecule has 2 N–H and O–H groups in total. The van der Waals surface area contributed by atoms with Crippen LogP contribution in [0.2, 0.25) is 5.02 Å². The predicted octanol–water partition coefficient (Wildman–Crippen LogP) is 2.81. The third-order valence-electron chi connectivity index (χ3n) is 3.60. The number of aromatic amines is 1. The summed E-state index contributed by atoms with van der Waals surface area (Å²) in [5, 5.41) is 17.2. The zero-order chi connectivity index (χ0) is 14.1. The number of fused-ring (bicyclic) bond motifs is 1. The molecule has 104 valence electrons. The molecular weight excluding hydrogens is 278 g/mol.